The van der Waals surface area contributed by atoms with Crippen molar-refractivity contribution in [3.8, 4) is 0 Å². The zero-order valence-electron chi connectivity index (χ0n) is 3.03. The maximum atomic E-state index is 7.46. The summed E-state index contributed by atoms with van der Waals surface area (Å²) in [6, 6.07) is 0. The van der Waals surface area contributed by atoms with E-state index in [4.69, 9.17) is 10.5 Å². The Morgan fingerprint density at radius 1 is 1.29 bits per heavy atom. The average Bonchev–Trinajstić information content (AvgIpc) is 1.69. The second-order valence-corrected chi connectivity index (χ2v) is 0.916. The second kappa shape index (κ2) is 6.19. The van der Waals surface area contributed by atoms with Crippen molar-refractivity contribution in [2.45, 2.75) is 0 Å². The zero-order chi connectivity index (χ0) is 5.54. The second-order valence-electron chi connectivity index (χ2n) is 0.401. The lowest BCUT2D eigenvalue weighted by atomic mass is 14.4. The molecule has 0 saturated carbocycles. The monoisotopic (exact) mass is 130 g/mol. The zero-order valence-corrected chi connectivity index (χ0v) is 4.03. The molecule has 0 fully saturated rings. The predicted molar refractivity (Wildman–Crippen MR) is 17.9 cm³/mol. The highest BCUT2D eigenvalue weighted by Crippen LogP contribution is 2.09. The summed E-state index contributed by atoms with van der Waals surface area (Å²) in [5.41, 5.74) is 0. The Hall–Kier alpha value is 0.190. The molecule has 1 atom stereocenters. The molecule has 0 spiro atoms. The molecule has 44 valence electrons. The third-order valence-electron chi connectivity index (χ3n) is 0.136. The highest BCUT2D eigenvalue weighted by atomic mass is 31.1. The molecule has 0 aromatic rings. The van der Waals surface area contributed by atoms with Crippen molar-refractivity contribution in [3.05, 3.63) is 0 Å². The highest BCUT2D eigenvalue weighted by Gasteiger charge is 1.82. The lowest BCUT2D eigenvalue weighted by molar-refractivity contribution is -0.595. The SMILES string of the molecule is OOOOPOO. The molecule has 1 unspecified atom stereocenters. The lowest BCUT2D eigenvalue weighted by Gasteiger charge is -1.90. The molecule has 0 aliphatic carbocycles. The van der Waals surface area contributed by atoms with Crippen LogP contribution in [-0.4, -0.2) is 10.5 Å². The van der Waals surface area contributed by atoms with Gasteiger partial charge in [0.2, 0.25) is 9.03 Å². The normalized spacial score (nSPS) is 11.1. The molecule has 7 heteroatoms. The molecular formula is H3O6P. The molecule has 0 rings (SSSR count). The van der Waals surface area contributed by atoms with E-state index in [1.807, 2.05) is 0 Å². The molecule has 2 N–H and O–H groups in total. The Morgan fingerprint density at radius 2 is 2.00 bits per heavy atom. The summed E-state index contributed by atoms with van der Waals surface area (Å²) in [6.45, 7) is 0. The van der Waals surface area contributed by atoms with E-state index < -0.39 is 9.03 Å². The van der Waals surface area contributed by atoms with E-state index in [2.05, 4.69) is 19.4 Å². The van der Waals surface area contributed by atoms with Crippen molar-refractivity contribution in [3.63, 3.8) is 0 Å². The molecule has 0 amide bonds. The summed E-state index contributed by atoms with van der Waals surface area (Å²) < 4.78 is 7.05. The lowest BCUT2D eigenvalue weighted by Crippen LogP contribution is -1.82. The van der Waals surface area contributed by atoms with E-state index in [0.717, 1.165) is 0 Å². The Labute approximate surface area is 40.2 Å². The molecule has 0 aromatic carbocycles. The van der Waals surface area contributed by atoms with E-state index in [1.165, 1.54) is 0 Å². The summed E-state index contributed by atoms with van der Waals surface area (Å²) in [5.74, 6) is 0. The van der Waals surface area contributed by atoms with E-state index >= 15 is 0 Å². The van der Waals surface area contributed by atoms with Crippen LogP contribution in [0.4, 0.5) is 0 Å². The van der Waals surface area contributed by atoms with Crippen molar-refractivity contribution < 1.29 is 29.9 Å². The Balaban J connectivity index is 2.45. The van der Waals surface area contributed by atoms with Gasteiger partial charge in [-0.15, -0.1) is 0 Å². The van der Waals surface area contributed by atoms with E-state index in [9.17, 15) is 0 Å². The van der Waals surface area contributed by atoms with Crippen molar-refractivity contribution in [1.82, 2.24) is 0 Å². The topological polar surface area (TPSA) is 77.4 Å². The third kappa shape index (κ3) is 6.19. The first-order chi connectivity index (χ1) is 3.41. The summed E-state index contributed by atoms with van der Waals surface area (Å²) in [7, 11) is -0.730. The fourth-order valence-corrected chi connectivity index (χ4v) is 0.133. The third-order valence-corrected chi connectivity index (χ3v) is 0.346. The van der Waals surface area contributed by atoms with Crippen molar-refractivity contribution >= 4 is 9.03 Å². The largest absolute Gasteiger partial charge is 0.246 e. The van der Waals surface area contributed by atoms with Crippen LogP contribution in [-0.2, 0) is 19.4 Å². The van der Waals surface area contributed by atoms with Gasteiger partial charge in [-0.05, 0) is 10.1 Å². The molecule has 0 bridgehead atoms. The summed E-state index contributed by atoms with van der Waals surface area (Å²) >= 11 is 0. The van der Waals surface area contributed by atoms with Crippen LogP contribution in [0.15, 0.2) is 0 Å². The van der Waals surface area contributed by atoms with Gasteiger partial charge in [-0.25, -0.2) is 10.5 Å². The standard InChI is InChI=1S/H3O6P/c1-3-5-6-7-4-2/h1-2,7H. The minimum Gasteiger partial charge on any atom is -0.246 e. The first-order valence-electron chi connectivity index (χ1n) is 1.11. The number of hydrogen-bond acceptors (Lipinski definition) is 6. The van der Waals surface area contributed by atoms with Gasteiger partial charge in [-0.2, -0.15) is 9.35 Å². The van der Waals surface area contributed by atoms with Gasteiger partial charge in [0.1, 0.15) is 0 Å². The van der Waals surface area contributed by atoms with E-state index in [0.29, 0.717) is 0 Å². The Bertz CT molecular complexity index is 23.4. The minimum absolute atomic E-state index is 0.730. The van der Waals surface area contributed by atoms with Crippen molar-refractivity contribution in [2.75, 3.05) is 0 Å². The van der Waals surface area contributed by atoms with Crippen LogP contribution in [0.25, 0.3) is 0 Å². The highest BCUT2D eigenvalue weighted by molar-refractivity contribution is 7.25. The molecule has 0 radical (unpaired) electrons. The quantitative estimate of drug-likeness (QED) is 0.247. The van der Waals surface area contributed by atoms with Gasteiger partial charge in [-0.1, -0.05) is 0 Å². The fourth-order valence-electron chi connectivity index (χ4n) is 0.0443. The van der Waals surface area contributed by atoms with Gasteiger partial charge in [0, 0.05) is 0 Å². The smallest absolute Gasteiger partial charge is 0.235 e. The number of rotatable bonds is 4. The molecule has 0 heterocycles. The van der Waals surface area contributed by atoms with E-state index in [-0.39, 0.29) is 0 Å². The number of hydrogen-bond donors (Lipinski definition) is 2. The fraction of sp³-hybridized carbons (Fsp3) is 0. The van der Waals surface area contributed by atoms with Crippen molar-refractivity contribution in [2.24, 2.45) is 0 Å². The van der Waals surface area contributed by atoms with Crippen LogP contribution in [0.5, 0.6) is 0 Å². The van der Waals surface area contributed by atoms with Crippen LogP contribution in [0.2, 0.25) is 0 Å². The first kappa shape index (κ1) is 7.19. The van der Waals surface area contributed by atoms with Gasteiger partial charge in [0.15, 0.2) is 0 Å². The van der Waals surface area contributed by atoms with Gasteiger partial charge in [0.05, 0.1) is 0 Å². The van der Waals surface area contributed by atoms with Gasteiger partial charge in [-0.3, -0.25) is 0 Å². The van der Waals surface area contributed by atoms with Crippen LogP contribution in [0.1, 0.15) is 0 Å². The van der Waals surface area contributed by atoms with Gasteiger partial charge in [0.25, 0.3) is 0 Å². The maximum absolute atomic E-state index is 7.46. The molecule has 0 aromatic heterocycles. The molecular weight excluding hydrogens is 127 g/mol. The summed E-state index contributed by atoms with van der Waals surface area (Å²) in [6.07, 6.45) is 0. The van der Waals surface area contributed by atoms with Gasteiger partial charge >= 0.3 is 0 Å². The van der Waals surface area contributed by atoms with Crippen LogP contribution in [0, 0.1) is 0 Å². The van der Waals surface area contributed by atoms with Crippen LogP contribution >= 0.6 is 9.03 Å². The van der Waals surface area contributed by atoms with Crippen LogP contribution in [0.3, 0.4) is 0 Å². The van der Waals surface area contributed by atoms with Crippen LogP contribution < -0.4 is 0 Å². The van der Waals surface area contributed by atoms with E-state index in [1.54, 1.807) is 0 Å². The minimum atomic E-state index is -0.730. The molecule has 0 saturated heterocycles. The molecule has 0 aliphatic heterocycles. The molecule has 7 heavy (non-hydrogen) atoms. The summed E-state index contributed by atoms with van der Waals surface area (Å²) in [4.78, 5) is 0. The molecule has 6 nitrogen and oxygen atoms in total. The maximum Gasteiger partial charge on any atom is 0.235 e. The predicted octanol–water partition coefficient (Wildman–Crippen LogP) is 0.337. The molecule has 0 aliphatic rings. The Morgan fingerprint density at radius 3 is 2.43 bits per heavy atom. The Kier molecular flexibility index (Phi) is 6.36. The first-order valence-corrected chi connectivity index (χ1v) is 1.92. The summed E-state index contributed by atoms with van der Waals surface area (Å²) in [5, 5.41) is 21.1. The average molecular weight is 130 g/mol. The van der Waals surface area contributed by atoms with Gasteiger partial charge < -0.3 is 0 Å². The van der Waals surface area contributed by atoms with Crippen molar-refractivity contribution in [1.29, 1.82) is 0 Å².